The van der Waals surface area contributed by atoms with Gasteiger partial charge in [-0.15, -0.1) is 0 Å². The van der Waals surface area contributed by atoms with Crippen LogP contribution in [0, 0.1) is 5.92 Å². The van der Waals surface area contributed by atoms with E-state index in [4.69, 9.17) is 0 Å². The Morgan fingerprint density at radius 2 is 2.00 bits per heavy atom. The fourth-order valence-corrected chi connectivity index (χ4v) is 2.45. The molecule has 1 saturated carbocycles. The van der Waals surface area contributed by atoms with Crippen molar-refractivity contribution in [2.45, 2.75) is 71.3 Å². The first-order valence-corrected chi connectivity index (χ1v) is 6.56. The minimum absolute atomic E-state index is 0.733. The molecule has 14 heavy (non-hydrogen) atoms. The van der Waals surface area contributed by atoms with Crippen molar-refractivity contribution in [3.8, 4) is 0 Å². The monoisotopic (exact) mass is 197 g/mol. The highest BCUT2D eigenvalue weighted by Crippen LogP contribution is 2.26. The van der Waals surface area contributed by atoms with Crippen LogP contribution >= 0.6 is 0 Å². The summed E-state index contributed by atoms with van der Waals surface area (Å²) >= 11 is 0. The van der Waals surface area contributed by atoms with E-state index in [2.05, 4.69) is 19.2 Å². The first-order valence-electron chi connectivity index (χ1n) is 6.56. The summed E-state index contributed by atoms with van der Waals surface area (Å²) in [6, 6.07) is 0.733. The van der Waals surface area contributed by atoms with Gasteiger partial charge in [-0.25, -0.2) is 0 Å². The van der Waals surface area contributed by atoms with Crippen molar-refractivity contribution in [1.82, 2.24) is 5.32 Å². The third-order valence-electron chi connectivity index (χ3n) is 3.51. The van der Waals surface area contributed by atoms with Gasteiger partial charge in [0, 0.05) is 6.04 Å². The number of hydrogen-bond donors (Lipinski definition) is 1. The van der Waals surface area contributed by atoms with Gasteiger partial charge in [-0.05, 0) is 32.2 Å². The van der Waals surface area contributed by atoms with Crippen molar-refractivity contribution >= 4 is 0 Å². The Morgan fingerprint density at radius 1 is 1.29 bits per heavy atom. The first-order chi connectivity index (χ1) is 6.83. The van der Waals surface area contributed by atoms with E-state index < -0.39 is 0 Å². The summed E-state index contributed by atoms with van der Waals surface area (Å²) in [6.45, 7) is 5.84. The van der Waals surface area contributed by atoms with Gasteiger partial charge in [0.1, 0.15) is 0 Å². The molecule has 0 amide bonds. The summed E-state index contributed by atoms with van der Waals surface area (Å²) in [5.74, 6) is 1.04. The van der Waals surface area contributed by atoms with Crippen LogP contribution in [0.1, 0.15) is 65.2 Å². The van der Waals surface area contributed by atoms with Gasteiger partial charge < -0.3 is 5.32 Å². The number of unbranched alkanes of at least 4 members (excludes halogenated alkanes) is 1. The molecular weight excluding hydrogens is 170 g/mol. The lowest BCUT2D eigenvalue weighted by Gasteiger charge is -2.15. The number of rotatable bonds is 7. The van der Waals surface area contributed by atoms with Crippen molar-refractivity contribution < 1.29 is 0 Å². The van der Waals surface area contributed by atoms with Crippen LogP contribution in [0.3, 0.4) is 0 Å². The predicted octanol–water partition coefficient (Wildman–Crippen LogP) is 3.74. The van der Waals surface area contributed by atoms with Crippen molar-refractivity contribution in [1.29, 1.82) is 0 Å². The van der Waals surface area contributed by atoms with Gasteiger partial charge in [-0.2, -0.15) is 0 Å². The molecule has 0 aliphatic heterocycles. The number of nitrogens with one attached hydrogen (secondary N) is 1. The average Bonchev–Trinajstić information content (AvgIpc) is 2.67. The second-order valence-corrected chi connectivity index (χ2v) is 4.94. The SMILES string of the molecule is CCCCC(C)NCCC1CCCC1. The average molecular weight is 197 g/mol. The lowest BCUT2D eigenvalue weighted by atomic mass is 10.0. The highest BCUT2D eigenvalue weighted by atomic mass is 14.9. The van der Waals surface area contributed by atoms with Crippen molar-refractivity contribution in [3.05, 3.63) is 0 Å². The molecule has 0 radical (unpaired) electrons. The molecule has 0 bridgehead atoms. The Bertz CT molecular complexity index is 127. The minimum Gasteiger partial charge on any atom is -0.314 e. The van der Waals surface area contributed by atoms with Crippen LogP contribution in [0.15, 0.2) is 0 Å². The highest BCUT2D eigenvalue weighted by molar-refractivity contribution is 4.69. The third kappa shape index (κ3) is 4.99. The summed E-state index contributed by atoms with van der Waals surface area (Å²) < 4.78 is 0. The van der Waals surface area contributed by atoms with E-state index in [0.717, 1.165) is 12.0 Å². The minimum atomic E-state index is 0.733. The summed E-state index contributed by atoms with van der Waals surface area (Å²) in [7, 11) is 0. The van der Waals surface area contributed by atoms with Crippen LogP contribution in [-0.2, 0) is 0 Å². The fraction of sp³-hybridized carbons (Fsp3) is 1.00. The fourth-order valence-electron chi connectivity index (χ4n) is 2.45. The number of hydrogen-bond acceptors (Lipinski definition) is 1. The third-order valence-corrected chi connectivity index (χ3v) is 3.51. The predicted molar refractivity (Wildman–Crippen MR) is 63.6 cm³/mol. The molecule has 1 fully saturated rings. The molecule has 0 heterocycles. The molecule has 1 nitrogen and oxygen atoms in total. The van der Waals surface area contributed by atoms with Gasteiger partial charge >= 0.3 is 0 Å². The van der Waals surface area contributed by atoms with Crippen molar-refractivity contribution in [2.75, 3.05) is 6.54 Å². The molecule has 1 heteroatoms. The van der Waals surface area contributed by atoms with Gasteiger partial charge in [-0.3, -0.25) is 0 Å². The molecule has 1 N–H and O–H groups in total. The van der Waals surface area contributed by atoms with Gasteiger partial charge in [0.25, 0.3) is 0 Å². The zero-order valence-electron chi connectivity index (χ0n) is 10.0. The van der Waals surface area contributed by atoms with E-state index in [-0.39, 0.29) is 0 Å². The molecule has 0 aromatic carbocycles. The van der Waals surface area contributed by atoms with Crippen LogP contribution in [0.5, 0.6) is 0 Å². The zero-order valence-corrected chi connectivity index (χ0v) is 10.0. The summed E-state index contributed by atoms with van der Waals surface area (Å²) in [6.07, 6.45) is 11.4. The molecule has 1 aliphatic rings. The van der Waals surface area contributed by atoms with Gasteiger partial charge in [0.05, 0.1) is 0 Å². The largest absolute Gasteiger partial charge is 0.314 e. The topological polar surface area (TPSA) is 12.0 Å². The normalized spacial score (nSPS) is 20.1. The van der Waals surface area contributed by atoms with Gasteiger partial charge in [-0.1, -0.05) is 45.4 Å². The molecular formula is C13H27N. The summed E-state index contributed by atoms with van der Waals surface area (Å²) in [4.78, 5) is 0. The van der Waals surface area contributed by atoms with E-state index in [1.165, 1.54) is 57.9 Å². The Balaban J connectivity index is 1.91. The maximum absolute atomic E-state index is 3.64. The Morgan fingerprint density at radius 3 is 2.64 bits per heavy atom. The molecule has 0 spiro atoms. The zero-order chi connectivity index (χ0) is 10.2. The van der Waals surface area contributed by atoms with E-state index in [1.54, 1.807) is 0 Å². The van der Waals surface area contributed by atoms with E-state index >= 15 is 0 Å². The lowest BCUT2D eigenvalue weighted by Crippen LogP contribution is -2.27. The molecule has 1 aliphatic carbocycles. The van der Waals surface area contributed by atoms with Crippen molar-refractivity contribution in [2.24, 2.45) is 5.92 Å². The van der Waals surface area contributed by atoms with E-state index in [0.29, 0.717) is 0 Å². The maximum Gasteiger partial charge on any atom is 0.00387 e. The summed E-state index contributed by atoms with van der Waals surface area (Å²) in [5.41, 5.74) is 0. The van der Waals surface area contributed by atoms with Crippen molar-refractivity contribution in [3.63, 3.8) is 0 Å². The maximum atomic E-state index is 3.64. The second-order valence-electron chi connectivity index (χ2n) is 4.94. The Hall–Kier alpha value is -0.0400. The lowest BCUT2D eigenvalue weighted by molar-refractivity contribution is 0.433. The smallest absolute Gasteiger partial charge is 0.00387 e. The molecule has 1 unspecified atom stereocenters. The Kier molecular flexibility index (Phi) is 6.25. The van der Waals surface area contributed by atoms with E-state index in [9.17, 15) is 0 Å². The Labute approximate surface area is 89.7 Å². The molecule has 0 saturated heterocycles. The second kappa shape index (κ2) is 7.28. The molecule has 1 rings (SSSR count). The van der Waals surface area contributed by atoms with Gasteiger partial charge in [0.2, 0.25) is 0 Å². The molecule has 1 atom stereocenters. The van der Waals surface area contributed by atoms with Gasteiger partial charge in [0.15, 0.2) is 0 Å². The highest BCUT2D eigenvalue weighted by Gasteiger charge is 2.14. The quantitative estimate of drug-likeness (QED) is 0.655. The first kappa shape index (κ1) is 12.0. The van der Waals surface area contributed by atoms with Crippen LogP contribution in [0.2, 0.25) is 0 Å². The van der Waals surface area contributed by atoms with Crippen LogP contribution in [0.4, 0.5) is 0 Å². The molecule has 0 aromatic rings. The summed E-state index contributed by atoms with van der Waals surface area (Å²) in [5, 5.41) is 3.64. The van der Waals surface area contributed by atoms with Crippen LogP contribution in [-0.4, -0.2) is 12.6 Å². The molecule has 84 valence electrons. The molecule has 0 aromatic heterocycles. The van der Waals surface area contributed by atoms with Crippen LogP contribution in [0.25, 0.3) is 0 Å². The van der Waals surface area contributed by atoms with E-state index in [1.807, 2.05) is 0 Å². The standard InChI is InChI=1S/C13H27N/c1-3-4-7-12(2)14-11-10-13-8-5-6-9-13/h12-14H,3-11H2,1-2H3. The van der Waals surface area contributed by atoms with Crippen LogP contribution < -0.4 is 5.32 Å².